The smallest absolute Gasteiger partial charge is 0.349 e. The average Bonchev–Trinajstić information content (AvgIpc) is 2.86. The van der Waals surface area contributed by atoms with Crippen molar-refractivity contribution in [3.8, 4) is 6.07 Å². The maximum absolute atomic E-state index is 12.2. The molecule has 0 aliphatic heterocycles. The van der Waals surface area contributed by atoms with E-state index < -0.39 is 24.0 Å². The molecule has 0 saturated heterocycles. The summed E-state index contributed by atoms with van der Waals surface area (Å²) in [6.45, 7) is 10.2. The lowest BCUT2D eigenvalue weighted by molar-refractivity contribution is -0.150. The molecular formula is C19H26N4O4. The topological polar surface area (TPSA) is 113 Å². The Morgan fingerprint density at radius 1 is 1.30 bits per heavy atom. The van der Waals surface area contributed by atoms with Gasteiger partial charge >= 0.3 is 12.0 Å². The van der Waals surface area contributed by atoms with E-state index in [-0.39, 0.29) is 5.57 Å². The lowest BCUT2D eigenvalue weighted by atomic mass is 10.1. The van der Waals surface area contributed by atoms with E-state index in [1.54, 1.807) is 0 Å². The Morgan fingerprint density at radius 3 is 2.44 bits per heavy atom. The maximum atomic E-state index is 12.2. The highest BCUT2D eigenvalue weighted by Crippen LogP contribution is 2.20. The van der Waals surface area contributed by atoms with Crippen LogP contribution in [0.3, 0.4) is 0 Å². The first kappa shape index (κ1) is 22.0. The number of aryl methyl sites for hydroxylation is 1. The Labute approximate surface area is 159 Å². The lowest BCUT2D eigenvalue weighted by Gasteiger charge is -2.12. The minimum Gasteiger partial charge on any atom is -0.448 e. The van der Waals surface area contributed by atoms with E-state index in [0.29, 0.717) is 5.92 Å². The Balaban J connectivity index is 2.98. The van der Waals surface area contributed by atoms with E-state index in [1.165, 1.54) is 20.0 Å². The van der Waals surface area contributed by atoms with Crippen LogP contribution in [-0.2, 0) is 20.9 Å². The summed E-state index contributed by atoms with van der Waals surface area (Å²) in [5.74, 6) is -1.26. The molecule has 0 bridgehead atoms. The van der Waals surface area contributed by atoms with Crippen molar-refractivity contribution in [2.24, 2.45) is 5.92 Å². The highest BCUT2D eigenvalue weighted by Gasteiger charge is 2.22. The summed E-state index contributed by atoms with van der Waals surface area (Å²) in [6.07, 6.45) is 0.227. The zero-order valence-corrected chi connectivity index (χ0v) is 16.5. The van der Waals surface area contributed by atoms with E-state index in [2.05, 4.69) is 23.7 Å². The van der Waals surface area contributed by atoms with Gasteiger partial charge in [-0.2, -0.15) is 5.26 Å². The van der Waals surface area contributed by atoms with Gasteiger partial charge in [0, 0.05) is 25.0 Å². The van der Waals surface area contributed by atoms with Crippen molar-refractivity contribution in [3.63, 3.8) is 0 Å². The number of carbonyl (C=O) groups excluding carboxylic acids is 3. The monoisotopic (exact) mass is 374 g/mol. The number of carbonyl (C=O) groups is 3. The lowest BCUT2D eigenvalue weighted by Crippen LogP contribution is -2.43. The number of ether oxygens (including phenoxy) is 1. The highest BCUT2D eigenvalue weighted by atomic mass is 16.5. The molecule has 3 amide bonds. The van der Waals surface area contributed by atoms with Crippen LogP contribution in [0.25, 0.3) is 6.08 Å². The third-order valence-corrected chi connectivity index (χ3v) is 3.92. The molecule has 8 nitrogen and oxygen atoms in total. The standard InChI is InChI=1S/C19H26N4O4/c1-11(2)10-23-12(3)7-15(13(23)4)8-16(9-20)18(25)27-14(5)17(24)22-19(26)21-6/h7-8,11,14H,10H2,1-6H3,(H2,21,22,24,26)/b16-8+/t14-/m0/s1. The molecule has 1 atom stereocenters. The van der Waals surface area contributed by atoms with Gasteiger partial charge in [-0.15, -0.1) is 0 Å². The molecule has 0 aliphatic carbocycles. The Hall–Kier alpha value is -3.08. The van der Waals surface area contributed by atoms with Crippen LogP contribution in [0, 0.1) is 31.1 Å². The molecule has 1 rings (SSSR count). The first-order valence-corrected chi connectivity index (χ1v) is 8.62. The number of nitriles is 1. The second-order valence-corrected chi connectivity index (χ2v) is 6.62. The summed E-state index contributed by atoms with van der Waals surface area (Å²) in [4.78, 5) is 35.1. The van der Waals surface area contributed by atoms with E-state index in [4.69, 9.17) is 4.74 Å². The van der Waals surface area contributed by atoms with Gasteiger partial charge in [0.2, 0.25) is 0 Å². The number of hydrogen-bond donors (Lipinski definition) is 2. The van der Waals surface area contributed by atoms with E-state index in [1.807, 2.05) is 31.3 Å². The van der Waals surface area contributed by atoms with Crippen LogP contribution in [0.1, 0.15) is 37.7 Å². The zero-order chi connectivity index (χ0) is 20.7. The number of hydrogen-bond acceptors (Lipinski definition) is 5. The highest BCUT2D eigenvalue weighted by molar-refractivity contribution is 6.01. The largest absolute Gasteiger partial charge is 0.448 e. The second kappa shape index (κ2) is 9.57. The van der Waals surface area contributed by atoms with Crippen LogP contribution in [0.5, 0.6) is 0 Å². The number of nitrogens with zero attached hydrogens (tertiary/aromatic N) is 2. The minimum absolute atomic E-state index is 0.223. The number of amides is 3. The summed E-state index contributed by atoms with van der Waals surface area (Å²) < 4.78 is 7.12. The SMILES string of the molecule is CNC(=O)NC(=O)[C@H](C)OC(=O)/C(C#N)=C/c1cc(C)n(CC(C)C)c1C. The van der Waals surface area contributed by atoms with Crippen LogP contribution in [0.15, 0.2) is 11.6 Å². The van der Waals surface area contributed by atoms with Crippen molar-refractivity contribution in [1.82, 2.24) is 15.2 Å². The van der Waals surface area contributed by atoms with Crippen LogP contribution < -0.4 is 10.6 Å². The molecule has 0 radical (unpaired) electrons. The number of aromatic nitrogens is 1. The van der Waals surface area contributed by atoms with Crippen molar-refractivity contribution in [3.05, 3.63) is 28.6 Å². The van der Waals surface area contributed by atoms with Crippen LogP contribution in [-0.4, -0.2) is 35.6 Å². The minimum atomic E-state index is -1.22. The molecule has 0 saturated carbocycles. The molecular weight excluding hydrogens is 348 g/mol. The molecule has 0 unspecified atom stereocenters. The van der Waals surface area contributed by atoms with Crippen molar-refractivity contribution in [1.29, 1.82) is 5.26 Å². The Morgan fingerprint density at radius 2 is 1.93 bits per heavy atom. The number of esters is 1. The first-order valence-electron chi connectivity index (χ1n) is 8.62. The summed E-state index contributed by atoms with van der Waals surface area (Å²) in [7, 11) is 1.35. The van der Waals surface area contributed by atoms with Gasteiger partial charge in [-0.3, -0.25) is 10.1 Å². The van der Waals surface area contributed by atoms with Crippen molar-refractivity contribution in [2.45, 2.75) is 47.3 Å². The second-order valence-electron chi connectivity index (χ2n) is 6.62. The van der Waals surface area contributed by atoms with Gasteiger partial charge in [0.05, 0.1) is 0 Å². The fourth-order valence-electron chi connectivity index (χ4n) is 2.47. The number of nitrogens with one attached hydrogen (secondary N) is 2. The van der Waals surface area contributed by atoms with Gasteiger partial charge in [0.1, 0.15) is 11.6 Å². The maximum Gasteiger partial charge on any atom is 0.349 e. The van der Waals surface area contributed by atoms with Crippen LogP contribution in [0.2, 0.25) is 0 Å². The predicted octanol–water partition coefficient (Wildman–Crippen LogP) is 2.06. The van der Waals surface area contributed by atoms with E-state index in [9.17, 15) is 19.6 Å². The quantitative estimate of drug-likeness (QED) is 0.449. The fraction of sp³-hybridized carbons (Fsp3) is 0.474. The number of urea groups is 1. The molecule has 1 aromatic heterocycles. The molecule has 0 aromatic carbocycles. The summed E-state index contributed by atoms with van der Waals surface area (Å²) in [5.41, 5.74) is 2.48. The number of imide groups is 1. The zero-order valence-electron chi connectivity index (χ0n) is 16.5. The molecule has 146 valence electrons. The van der Waals surface area contributed by atoms with E-state index >= 15 is 0 Å². The molecule has 0 fully saturated rings. The van der Waals surface area contributed by atoms with Crippen LogP contribution in [0.4, 0.5) is 4.79 Å². The molecule has 0 aliphatic rings. The molecule has 1 aromatic rings. The fourth-order valence-corrected chi connectivity index (χ4v) is 2.47. The first-order chi connectivity index (χ1) is 12.6. The molecule has 2 N–H and O–H groups in total. The third kappa shape index (κ3) is 5.99. The van der Waals surface area contributed by atoms with Crippen LogP contribution >= 0.6 is 0 Å². The van der Waals surface area contributed by atoms with Gasteiger partial charge in [0.25, 0.3) is 5.91 Å². The van der Waals surface area contributed by atoms with Gasteiger partial charge in [-0.1, -0.05) is 13.8 Å². The molecule has 8 heteroatoms. The summed E-state index contributed by atoms with van der Waals surface area (Å²) in [6, 6.07) is 2.99. The third-order valence-electron chi connectivity index (χ3n) is 3.92. The van der Waals surface area contributed by atoms with Crippen molar-refractivity contribution in [2.75, 3.05) is 7.05 Å². The normalized spacial score (nSPS) is 12.3. The van der Waals surface area contributed by atoms with Crippen molar-refractivity contribution >= 4 is 24.0 Å². The van der Waals surface area contributed by atoms with E-state index in [0.717, 1.165) is 23.5 Å². The molecule has 27 heavy (non-hydrogen) atoms. The van der Waals surface area contributed by atoms with Gasteiger partial charge in [-0.05, 0) is 44.4 Å². The Bertz CT molecular complexity index is 799. The molecule has 0 spiro atoms. The van der Waals surface area contributed by atoms with Crippen molar-refractivity contribution < 1.29 is 19.1 Å². The predicted molar refractivity (Wildman–Crippen MR) is 100 cm³/mol. The number of rotatable bonds is 6. The van der Waals surface area contributed by atoms with Gasteiger partial charge < -0.3 is 14.6 Å². The van der Waals surface area contributed by atoms with Gasteiger partial charge in [-0.25, -0.2) is 9.59 Å². The average molecular weight is 374 g/mol. The molecule has 1 heterocycles. The summed E-state index contributed by atoms with van der Waals surface area (Å²) in [5, 5.41) is 13.5. The van der Waals surface area contributed by atoms with Gasteiger partial charge in [0.15, 0.2) is 6.10 Å². The summed E-state index contributed by atoms with van der Waals surface area (Å²) >= 11 is 0. The Kier molecular flexibility index (Phi) is 7.79.